The molecule has 3 rings (SSSR count). The summed E-state index contributed by atoms with van der Waals surface area (Å²) >= 11 is 0. The van der Waals surface area contributed by atoms with Crippen molar-refractivity contribution >= 4 is 17.8 Å². The lowest BCUT2D eigenvalue weighted by atomic mass is 10.1. The molecule has 0 radical (unpaired) electrons. The van der Waals surface area contributed by atoms with Crippen LogP contribution in [-0.4, -0.2) is 26.0 Å². The minimum absolute atomic E-state index is 0.187. The van der Waals surface area contributed by atoms with Gasteiger partial charge >= 0.3 is 5.97 Å². The number of ether oxygens (including phenoxy) is 3. The van der Waals surface area contributed by atoms with Gasteiger partial charge in [-0.3, -0.25) is 4.79 Å². The summed E-state index contributed by atoms with van der Waals surface area (Å²) in [7, 11) is 2.85. The van der Waals surface area contributed by atoms with E-state index in [1.165, 1.54) is 13.2 Å². The molecule has 0 saturated carbocycles. The van der Waals surface area contributed by atoms with Crippen molar-refractivity contribution in [2.75, 3.05) is 14.2 Å². The highest BCUT2D eigenvalue weighted by molar-refractivity contribution is 6.15. The average Bonchev–Trinajstić information content (AvgIpc) is 2.90. The molecule has 1 aliphatic rings. The van der Waals surface area contributed by atoms with Gasteiger partial charge in [-0.15, -0.1) is 0 Å². The first-order valence-electron chi connectivity index (χ1n) is 6.93. The van der Waals surface area contributed by atoms with Crippen molar-refractivity contribution < 1.29 is 23.8 Å². The van der Waals surface area contributed by atoms with Crippen molar-refractivity contribution in [3.8, 4) is 11.5 Å². The topological polar surface area (TPSA) is 61.8 Å². The number of hydrogen-bond donors (Lipinski definition) is 0. The quantitative estimate of drug-likeness (QED) is 0.644. The molecule has 5 nitrogen and oxygen atoms in total. The Balaban J connectivity index is 1.98. The van der Waals surface area contributed by atoms with Crippen molar-refractivity contribution in [2.24, 2.45) is 0 Å². The van der Waals surface area contributed by atoms with E-state index in [1.807, 2.05) is 18.2 Å². The molecule has 0 spiro atoms. The van der Waals surface area contributed by atoms with Crippen LogP contribution in [0.1, 0.15) is 26.3 Å². The van der Waals surface area contributed by atoms with Gasteiger partial charge in [0, 0.05) is 5.56 Å². The van der Waals surface area contributed by atoms with E-state index in [2.05, 4.69) is 4.74 Å². The number of benzene rings is 2. The lowest BCUT2D eigenvalue weighted by Gasteiger charge is -2.04. The molecule has 0 atom stereocenters. The lowest BCUT2D eigenvalue weighted by Crippen LogP contribution is -2.03. The van der Waals surface area contributed by atoms with Crippen LogP contribution in [0.5, 0.6) is 11.5 Å². The fourth-order valence-corrected chi connectivity index (χ4v) is 2.36. The number of rotatable bonds is 3. The molecule has 0 aliphatic carbocycles. The van der Waals surface area contributed by atoms with Gasteiger partial charge < -0.3 is 14.2 Å². The average molecular weight is 310 g/mol. The Morgan fingerprint density at radius 2 is 1.91 bits per heavy atom. The van der Waals surface area contributed by atoms with E-state index in [-0.39, 0.29) is 11.5 Å². The van der Waals surface area contributed by atoms with Crippen molar-refractivity contribution in [1.29, 1.82) is 0 Å². The van der Waals surface area contributed by atoms with Crippen LogP contribution in [0.3, 0.4) is 0 Å². The first-order valence-corrected chi connectivity index (χ1v) is 6.93. The summed E-state index contributed by atoms with van der Waals surface area (Å²) in [6.07, 6.45) is 1.62. The van der Waals surface area contributed by atoms with Crippen molar-refractivity contribution in [1.82, 2.24) is 0 Å². The van der Waals surface area contributed by atoms with E-state index in [9.17, 15) is 9.59 Å². The van der Waals surface area contributed by atoms with Crippen molar-refractivity contribution in [3.63, 3.8) is 0 Å². The van der Waals surface area contributed by atoms with Gasteiger partial charge in [-0.05, 0) is 30.3 Å². The Morgan fingerprint density at radius 3 is 2.65 bits per heavy atom. The molecule has 0 amide bonds. The van der Waals surface area contributed by atoms with Crippen molar-refractivity contribution in [2.45, 2.75) is 0 Å². The van der Waals surface area contributed by atoms with Crippen LogP contribution < -0.4 is 9.47 Å². The molecule has 23 heavy (non-hydrogen) atoms. The molecular formula is C18H14O5. The molecule has 5 heteroatoms. The zero-order valence-electron chi connectivity index (χ0n) is 12.7. The summed E-state index contributed by atoms with van der Waals surface area (Å²) < 4.78 is 15.5. The maximum atomic E-state index is 12.5. The molecule has 1 aliphatic heterocycles. The molecule has 116 valence electrons. The molecule has 0 bridgehead atoms. The summed E-state index contributed by atoms with van der Waals surface area (Å²) in [5, 5.41) is 0. The predicted octanol–water partition coefficient (Wildman–Crippen LogP) is 3.10. The fraction of sp³-hybridized carbons (Fsp3) is 0.111. The lowest BCUT2D eigenvalue weighted by molar-refractivity contribution is 0.0600. The Bertz CT molecular complexity index is 820. The Hall–Kier alpha value is -3.08. The summed E-state index contributed by atoms with van der Waals surface area (Å²) in [6.45, 7) is 0. The first-order chi connectivity index (χ1) is 11.1. The Labute approximate surface area is 133 Å². The first kappa shape index (κ1) is 14.8. The zero-order valence-corrected chi connectivity index (χ0v) is 12.7. The van der Waals surface area contributed by atoms with Gasteiger partial charge in [0.25, 0.3) is 0 Å². The number of allylic oxidation sites excluding steroid dienone is 1. The molecule has 0 N–H and O–H groups in total. The minimum Gasteiger partial charge on any atom is -0.496 e. The second kappa shape index (κ2) is 5.96. The van der Waals surface area contributed by atoms with Crippen LogP contribution in [0.15, 0.2) is 48.2 Å². The fourth-order valence-electron chi connectivity index (χ4n) is 2.36. The van der Waals surface area contributed by atoms with Crippen LogP contribution in [0.2, 0.25) is 0 Å². The number of methoxy groups -OCH3 is 2. The van der Waals surface area contributed by atoms with Gasteiger partial charge in [0.05, 0.1) is 25.3 Å². The number of para-hydroxylation sites is 1. The third-order valence-electron chi connectivity index (χ3n) is 3.51. The minimum atomic E-state index is -0.497. The van der Waals surface area contributed by atoms with E-state index >= 15 is 0 Å². The standard InChI is InChI=1S/C18H14O5/c1-21-14-6-4-3-5-11(14)10-16-17(19)13-9-12(18(20)22-2)7-8-15(13)23-16/h3-10H,1-2H3. The second-order valence-corrected chi connectivity index (χ2v) is 4.88. The van der Waals surface area contributed by atoms with E-state index < -0.39 is 5.97 Å². The second-order valence-electron chi connectivity index (χ2n) is 4.88. The van der Waals surface area contributed by atoms with Crippen LogP contribution >= 0.6 is 0 Å². The molecule has 0 unspecified atom stereocenters. The highest BCUT2D eigenvalue weighted by Crippen LogP contribution is 2.33. The number of esters is 1. The van der Waals surface area contributed by atoms with Gasteiger partial charge in [0.15, 0.2) is 5.76 Å². The molecule has 0 fully saturated rings. The van der Waals surface area contributed by atoms with Crippen LogP contribution in [-0.2, 0) is 4.74 Å². The molecule has 2 aromatic carbocycles. The van der Waals surface area contributed by atoms with E-state index in [0.29, 0.717) is 22.6 Å². The predicted molar refractivity (Wildman–Crippen MR) is 83.7 cm³/mol. The number of hydrogen-bond acceptors (Lipinski definition) is 5. The molecular weight excluding hydrogens is 296 g/mol. The van der Waals surface area contributed by atoms with E-state index in [1.54, 1.807) is 31.4 Å². The van der Waals surface area contributed by atoms with Gasteiger partial charge in [-0.1, -0.05) is 18.2 Å². The number of ketones is 1. The van der Waals surface area contributed by atoms with Gasteiger partial charge in [0.2, 0.25) is 5.78 Å². The molecule has 0 aromatic heterocycles. The number of carbonyl (C=O) groups excluding carboxylic acids is 2. The summed E-state index contributed by atoms with van der Waals surface area (Å²) in [5.74, 6) is 0.470. The summed E-state index contributed by atoms with van der Waals surface area (Å²) in [4.78, 5) is 24.0. The van der Waals surface area contributed by atoms with E-state index in [4.69, 9.17) is 9.47 Å². The highest BCUT2D eigenvalue weighted by Gasteiger charge is 2.28. The number of Topliss-reactive ketones (excluding diaryl/α,β-unsaturated/α-hetero) is 1. The smallest absolute Gasteiger partial charge is 0.337 e. The SMILES string of the molecule is COC(=O)c1ccc2c(c1)C(=O)C(=Cc1ccccc1OC)O2. The van der Waals surface area contributed by atoms with Crippen LogP contribution in [0.4, 0.5) is 0 Å². The summed E-state index contributed by atoms with van der Waals surface area (Å²) in [5.41, 5.74) is 1.38. The van der Waals surface area contributed by atoms with Gasteiger partial charge in [0.1, 0.15) is 11.5 Å². The maximum Gasteiger partial charge on any atom is 0.337 e. The van der Waals surface area contributed by atoms with Crippen LogP contribution in [0, 0.1) is 0 Å². The number of carbonyl (C=O) groups is 2. The molecule has 2 aromatic rings. The normalized spacial score (nSPS) is 14.3. The Kier molecular flexibility index (Phi) is 3.85. The highest BCUT2D eigenvalue weighted by atomic mass is 16.5. The third kappa shape index (κ3) is 2.68. The van der Waals surface area contributed by atoms with Crippen LogP contribution in [0.25, 0.3) is 6.08 Å². The maximum absolute atomic E-state index is 12.5. The summed E-state index contributed by atoms with van der Waals surface area (Å²) in [6, 6.07) is 11.9. The van der Waals surface area contributed by atoms with E-state index in [0.717, 1.165) is 5.56 Å². The Morgan fingerprint density at radius 1 is 1.13 bits per heavy atom. The monoisotopic (exact) mass is 310 g/mol. The van der Waals surface area contributed by atoms with Crippen molar-refractivity contribution in [3.05, 3.63) is 64.9 Å². The van der Waals surface area contributed by atoms with Gasteiger partial charge in [-0.25, -0.2) is 4.79 Å². The number of fused-ring (bicyclic) bond motifs is 1. The third-order valence-corrected chi connectivity index (χ3v) is 3.51. The zero-order chi connectivity index (χ0) is 16.4. The van der Waals surface area contributed by atoms with Gasteiger partial charge in [-0.2, -0.15) is 0 Å². The molecule has 0 saturated heterocycles. The largest absolute Gasteiger partial charge is 0.496 e. The molecule has 1 heterocycles.